The molecule has 0 radical (unpaired) electrons. The van der Waals surface area contributed by atoms with Gasteiger partial charge in [-0.05, 0) is 6.42 Å². The molecule has 0 heterocycles. The van der Waals surface area contributed by atoms with Crippen LogP contribution in [0.1, 0.15) is 6.42 Å². The fraction of sp³-hybridized carbons (Fsp3) is 0.500. The van der Waals surface area contributed by atoms with Crippen LogP contribution in [-0.4, -0.2) is 38.6 Å². The fourth-order valence-electron chi connectivity index (χ4n) is 1.32. The van der Waals surface area contributed by atoms with Gasteiger partial charge in [0.1, 0.15) is 23.9 Å². The van der Waals surface area contributed by atoms with Crippen molar-refractivity contribution in [1.82, 2.24) is 0 Å². The highest BCUT2D eigenvalue weighted by Crippen LogP contribution is 2.27. The highest BCUT2D eigenvalue weighted by atomic mass is 16.5. The van der Waals surface area contributed by atoms with E-state index in [1.54, 1.807) is 32.4 Å². The summed E-state index contributed by atoms with van der Waals surface area (Å²) in [6.45, 7) is 0.406. The summed E-state index contributed by atoms with van der Waals surface area (Å²) < 4.78 is 15.8. The van der Waals surface area contributed by atoms with Crippen LogP contribution in [0.2, 0.25) is 0 Å². The molecule has 0 aliphatic carbocycles. The molecule has 0 bridgehead atoms. The Hall–Kier alpha value is -1.46. The van der Waals surface area contributed by atoms with Crippen molar-refractivity contribution in [2.45, 2.75) is 12.5 Å². The number of hydrogen-bond acceptors (Lipinski definition) is 5. The lowest BCUT2D eigenvalue weighted by molar-refractivity contribution is 0.232. The van der Waals surface area contributed by atoms with E-state index in [-0.39, 0.29) is 12.6 Å². The second-order valence-electron chi connectivity index (χ2n) is 3.63. The van der Waals surface area contributed by atoms with E-state index in [9.17, 15) is 0 Å². The Labute approximate surface area is 101 Å². The van der Waals surface area contributed by atoms with Gasteiger partial charge in [-0.2, -0.15) is 0 Å². The van der Waals surface area contributed by atoms with Gasteiger partial charge in [-0.25, -0.2) is 0 Å². The Morgan fingerprint density at radius 3 is 2.12 bits per heavy atom. The molecule has 96 valence electrons. The molecule has 0 amide bonds. The summed E-state index contributed by atoms with van der Waals surface area (Å²) in [5, 5.41) is 8.72. The molecule has 0 spiro atoms. The van der Waals surface area contributed by atoms with Crippen LogP contribution in [0.15, 0.2) is 18.2 Å². The first-order valence-corrected chi connectivity index (χ1v) is 5.42. The largest absolute Gasteiger partial charge is 0.496 e. The Morgan fingerprint density at radius 2 is 1.65 bits per heavy atom. The second kappa shape index (κ2) is 6.98. The van der Waals surface area contributed by atoms with Gasteiger partial charge in [-0.3, -0.25) is 0 Å². The van der Waals surface area contributed by atoms with E-state index in [1.165, 1.54) is 0 Å². The van der Waals surface area contributed by atoms with E-state index in [0.717, 1.165) is 0 Å². The van der Waals surface area contributed by atoms with Crippen molar-refractivity contribution in [3.05, 3.63) is 18.2 Å². The lowest BCUT2D eigenvalue weighted by Gasteiger charge is -2.13. The number of rotatable bonds is 7. The third-order valence-electron chi connectivity index (χ3n) is 2.29. The van der Waals surface area contributed by atoms with E-state index < -0.39 is 0 Å². The topological polar surface area (TPSA) is 73.9 Å². The van der Waals surface area contributed by atoms with Crippen LogP contribution in [0.25, 0.3) is 0 Å². The number of aliphatic hydroxyl groups is 1. The predicted octanol–water partition coefficient (Wildman–Crippen LogP) is 0.792. The molecule has 0 fully saturated rings. The van der Waals surface area contributed by atoms with Gasteiger partial charge in [0.2, 0.25) is 0 Å². The molecule has 0 saturated carbocycles. The lowest BCUT2D eigenvalue weighted by Crippen LogP contribution is -2.28. The van der Waals surface area contributed by atoms with Gasteiger partial charge in [0.05, 0.1) is 14.2 Å². The van der Waals surface area contributed by atoms with E-state index >= 15 is 0 Å². The smallest absolute Gasteiger partial charge is 0.126 e. The average Bonchev–Trinajstić information content (AvgIpc) is 2.36. The standard InChI is InChI=1S/C12H19NO4/c1-15-10-5-11(16-2)7-12(6-10)17-8-9(13)3-4-14/h5-7,9,14H,3-4,8,13H2,1-2H3. The lowest BCUT2D eigenvalue weighted by atomic mass is 10.2. The molecular formula is C12H19NO4. The number of methoxy groups -OCH3 is 2. The highest BCUT2D eigenvalue weighted by Gasteiger charge is 2.06. The molecule has 0 aliphatic heterocycles. The molecule has 5 heteroatoms. The second-order valence-corrected chi connectivity index (χ2v) is 3.63. The summed E-state index contributed by atoms with van der Waals surface area (Å²) in [4.78, 5) is 0. The molecule has 5 nitrogen and oxygen atoms in total. The van der Waals surface area contributed by atoms with E-state index in [2.05, 4.69) is 0 Å². The minimum atomic E-state index is -0.183. The van der Waals surface area contributed by atoms with E-state index in [0.29, 0.717) is 30.3 Å². The summed E-state index contributed by atoms with van der Waals surface area (Å²) in [6, 6.07) is 5.10. The first-order valence-electron chi connectivity index (χ1n) is 5.42. The van der Waals surface area contributed by atoms with E-state index in [1.807, 2.05) is 0 Å². The molecular weight excluding hydrogens is 222 g/mol. The minimum absolute atomic E-state index is 0.0615. The molecule has 0 saturated heterocycles. The molecule has 1 aromatic carbocycles. The third kappa shape index (κ3) is 4.50. The maximum Gasteiger partial charge on any atom is 0.126 e. The van der Waals surface area contributed by atoms with Crippen LogP contribution < -0.4 is 19.9 Å². The maximum atomic E-state index is 8.72. The first-order chi connectivity index (χ1) is 8.19. The van der Waals surface area contributed by atoms with Gasteiger partial charge in [-0.15, -0.1) is 0 Å². The predicted molar refractivity (Wildman–Crippen MR) is 64.7 cm³/mol. The number of benzene rings is 1. The van der Waals surface area contributed by atoms with Crippen LogP contribution in [0, 0.1) is 0 Å². The average molecular weight is 241 g/mol. The van der Waals surface area contributed by atoms with Crippen molar-refractivity contribution < 1.29 is 19.3 Å². The molecule has 17 heavy (non-hydrogen) atoms. The van der Waals surface area contributed by atoms with Crippen LogP contribution in [0.4, 0.5) is 0 Å². The zero-order valence-corrected chi connectivity index (χ0v) is 10.2. The van der Waals surface area contributed by atoms with Gasteiger partial charge in [0.15, 0.2) is 0 Å². The first kappa shape index (κ1) is 13.6. The minimum Gasteiger partial charge on any atom is -0.496 e. The summed E-state index contributed by atoms with van der Waals surface area (Å²) in [5.41, 5.74) is 5.73. The van der Waals surface area contributed by atoms with Crippen LogP contribution in [0.5, 0.6) is 17.2 Å². The maximum absolute atomic E-state index is 8.72. The Kier molecular flexibility index (Phi) is 5.59. The van der Waals surface area contributed by atoms with Gasteiger partial charge in [0.25, 0.3) is 0 Å². The third-order valence-corrected chi connectivity index (χ3v) is 2.29. The molecule has 1 atom stereocenters. The molecule has 3 N–H and O–H groups in total. The number of nitrogens with two attached hydrogens (primary N) is 1. The summed E-state index contributed by atoms with van der Waals surface area (Å²) in [6.07, 6.45) is 0.515. The van der Waals surface area contributed by atoms with Crippen molar-refractivity contribution in [2.75, 3.05) is 27.4 Å². The van der Waals surface area contributed by atoms with Crippen molar-refractivity contribution >= 4 is 0 Å². The monoisotopic (exact) mass is 241 g/mol. The van der Waals surface area contributed by atoms with Gasteiger partial charge in [-0.1, -0.05) is 0 Å². The normalized spacial score (nSPS) is 12.0. The van der Waals surface area contributed by atoms with Crippen LogP contribution >= 0.6 is 0 Å². The van der Waals surface area contributed by atoms with Crippen molar-refractivity contribution in [3.63, 3.8) is 0 Å². The summed E-state index contributed by atoms with van der Waals surface area (Å²) >= 11 is 0. The zero-order chi connectivity index (χ0) is 12.7. The van der Waals surface area contributed by atoms with Crippen LogP contribution in [-0.2, 0) is 0 Å². The summed E-state index contributed by atoms with van der Waals surface area (Å²) in [7, 11) is 3.16. The van der Waals surface area contributed by atoms with Gasteiger partial charge >= 0.3 is 0 Å². The van der Waals surface area contributed by atoms with Gasteiger partial charge in [0, 0.05) is 30.8 Å². The number of hydrogen-bond donors (Lipinski definition) is 2. The number of aliphatic hydroxyl groups excluding tert-OH is 1. The highest BCUT2D eigenvalue weighted by molar-refractivity contribution is 5.41. The molecule has 0 aromatic heterocycles. The SMILES string of the molecule is COc1cc(OC)cc(OCC(N)CCO)c1. The Bertz CT molecular complexity index is 321. The van der Waals surface area contributed by atoms with Crippen LogP contribution in [0.3, 0.4) is 0 Å². The Morgan fingerprint density at radius 1 is 1.12 bits per heavy atom. The van der Waals surface area contributed by atoms with Crippen molar-refractivity contribution in [1.29, 1.82) is 0 Å². The molecule has 1 unspecified atom stereocenters. The Balaban J connectivity index is 2.63. The molecule has 1 rings (SSSR count). The molecule has 0 aliphatic rings. The van der Waals surface area contributed by atoms with Crippen molar-refractivity contribution in [2.24, 2.45) is 5.73 Å². The van der Waals surface area contributed by atoms with Gasteiger partial charge < -0.3 is 25.1 Å². The van der Waals surface area contributed by atoms with Crippen molar-refractivity contribution in [3.8, 4) is 17.2 Å². The zero-order valence-electron chi connectivity index (χ0n) is 10.2. The number of ether oxygens (including phenoxy) is 3. The molecule has 1 aromatic rings. The summed E-state index contributed by atoms with van der Waals surface area (Å²) in [5.74, 6) is 1.96. The quantitative estimate of drug-likeness (QED) is 0.738. The van der Waals surface area contributed by atoms with E-state index in [4.69, 9.17) is 25.1 Å². The fourth-order valence-corrected chi connectivity index (χ4v) is 1.32.